The molecule has 1 amide bonds. The summed E-state index contributed by atoms with van der Waals surface area (Å²) in [6.45, 7) is 8.01. The van der Waals surface area contributed by atoms with Gasteiger partial charge in [-0.25, -0.2) is 0 Å². The van der Waals surface area contributed by atoms with E-state index in [1.165, 1.54) is 0 Å². The van der Waals surface area contributed by atoms with E-state index in [1.54, 1.807) is 0 Å². The maximum Gasteiger partial charge on any atom is 0.240 e. The normalized spacial score (nSPS) is 11.1. The molecule has 0 fully saturated rings. The van der Waals surface area contributed by atoms with E-state index in [-0.39, 0.29) is 36.3 Å². The van der Waals surface area contributed by atoms with Crippen molar-refractivity contribution in [3.63, 3.8) is 0 Å². The molecule has 6 heteroatoms. The second-order valence-electron chi connectivity index (χ2n) is 4.41. The van der Waals surface area contributed by atoms with Crippen molar-refractivity contribution < 1.29 is 4.79 Å². The number of amides is 1. The molecule has 0 saturated heterocycles. The molecule has 5 N–H and O–H groups in total. The average Bonchev–Trinajstić information content (AvgIpc) is 2.16. The third kappa shape index (κ3) is 5.89. The summed E-state index contributed by atoms with van der Waals surface area (Å²) >= 11 is 0. The van der Waals surface area contributed by atoms with Crippen LogP contribution in [0.3, 0.4) is 0 Å². The van der Waals surface area contributed by atoms with Crippen LogP contribution in [0.2, 0.25) is 0 Å². The molecule has 0 saturated carbocycles. The summed E-state index contributed by atoms with van der Waals surface area (Å²) in [4.78, 5) is 11.8. The summed E-state index contributed by atoms with van der Waals surface area (Å²) in [5.41, 5.74) is 10.3. The summed E-state index contributed by atoms with van der Waals surface area (Å²) in [6, 6.07) is 0. The summed E-state index contributed by atoms with van der Waals surface area (Å²) in [5.74, 6) is -0.113. The van der Waals surface area contributed by atoms with Crippen LogP contribution in [0.1, 0.15) is 40.5 Å². The van der Waals surface area contributed by atoms with Gasteiger partial charge in [0.1, 0.15) is 0 Å². The number of carbonyl (C=O) groups excluding carboxylic acids is 1. The third-order valence-electron chi connectivity index (χ3n) is 2.68. The van der Waals surface area contributed by atoms with Crippen molar-refractivity contribution in [1.29, 1.82) is 0 Å². The highest BCUT2D eigenvalue weighted by Gasteiger charge is 2.32. The predicted molar refractivity (Wildman–Crippen MR) is 73.3 cm³/mol. The van der Waals surface area contributed by atoms with E-state index in [9.17, 15) is 4.79 Å². The van der Waals surface area contributed by atoms with Gasteiger partial charge in [-0.1, -0.05) is 13.8 Å². The summed E-state index contributed by atoms with van der Waals surface area (Å²) in [7, 11) is 0. The van der Waals surface area contributed by atoms with Crippen LogP contribution in [0, 0.1) is 0 Å². The predicted octanol–water partition coefficient (Wildman–Crippen LogP) is 1.20. The van der Waals surface area contributed by atoms with Crippen LogP contribution in [-0.4, -0.2) is 23.5 Å². The molecular weight excluding hydrogens is 249 g/mol. The lowest BCUT2D eigenvalue weighted by Gasteiger charge is -2.32. The van der Waals surface area contributed by atoms with E-state index in [0.29, 0.717) is 19.4 Å². The molecule has 0 bridgehead atoms. The number of hydrogen-bond acceptors (Lipinski definition) is 3. The molecule has 0 atom stereocenters. The number of nitrogens with one attached hydrogen (secondary N) is 1. The molecule has 100 valence electrons. The second kappa shape index (κ2) is 8.12. The molecule has 0 aliphatic carbocycles. The fourth-order valence-electron chi connectivity index (χ4n) is 1.05. The van der Waals surface area contributed by atoms with Gasteiger partial charge in [0.05, 0.1) is 5.54 Å². The minimum absolute atomic E-state index is 0. The first-order valence-corrected chi connectivity index (χ1v) is 5.13. The SMILES string of the molecule is CCC(N)(CC)C(=O)NC(C)(C)CN.Cl.Cl. The van der Waals surface area contributed by atoms with Gasteiger partial charge in [0.25, 0.3) is 0 Å². The smallest absolute Gasteiger partial charge is 0.240 e. The van der Waals surface area contributed by atoms with Gasteiger partial charge in [-0.05, 0) is 26.7 Å². The fraction of sp³-hybridized carbons (Fsp3) is 0.900. The van der Waals surface area contributed by atoms with Crippen molar-refractivity contribution in [1.82, 2.24) is 5.32 Å². The van der Waals surface area contributed by atoms with E-state index in [4.69, 9.17) is 11.5 Å². The molecule has 16 heavy (non-hydrogen) atoms. The Labute approximate surface area is 111 Å². The van der Waals surface area contributed by atoms with Crippen molar-refractivity contribution in [2.45, 2.75) is 51.6 Å². The molecule has 0 aromatic carbocycles. The summed E-state index contributed by atoms with van der Waals surface area (Å²) in [5, 5.41) is 2.86. The van der Waals surface area contributed by atoms with E-state index in [0.717, 1.165) is 0 Å². The van der Waals surface area contributed by atoms with Gasteiger partial charge in [0, 0.05) is 12.1 Å². The Bertz CT molecular complexity index is 206. The van der Waals surface area contributed by atoms with Crippen molar-refractivity contribution in [3.05, 3.63) is 0 Å². The Morgan fingerprint density at radius 3 is 1.81 bits per heavy atom. The lowest BCUT2D eigenvalue weighted by Crippen LogP contribution is -2.60. The highest BCUT2D eigenvalue weighted by Crippen LogP contribution is 2.13. The number of halogens is 2. The topological polar surface area (TPSA) is 81.1 Å². The third-order valence-corrected chi connectivity index (χ3v) is 2.68. The number of nitrogens with two attached hydrogens (primary N) is 2. The van der Waals surface area contributed by atoms with Crippen LogP contribution >= 0.6 is 24.8 Å². The quantitative estimate of drug-likeness (QED) is 0.704. The molecule has 0 rings (SSSR count). The first-order chi connectivity index (χ1) is 6.31. The first kappa shape index (κ1) is 21.3. The van der Waals surface area contributed by atoms with E-state index >= 15 is 0 Å². The number of hydrogen-bond donors (Lipinski definition) is 3. The minimum Gasteiger partial charge on any atom is -0.348 e. The molecule has 4 nitrogen and oxygen atoms in total. The Kier molecular flexibility index (Phi) is 10.8. The Morgan fingerprint density at radius 2 is 1.56 bits per heavy atom. The Hall–Kier alpha value is -0.0300. The van der Waals surface area contributed by atoms with Gasteiger partial charge in [0.2, 0.25) is 5.91 Å². The molecule has 0 heterocycles. The van der Waals surface area contributed by atoms with Crippen LogP contribution in [0.15, 0.2) is 0 Å². The van der Waals surface area contributed by atoms with Crippen LogP contribution in [0.5, 0.6) is 0 Å². The number of rotatable bonds is 5. The van der Waals surface area contributed by atoms with Gasteiger partial charge < -0.3 is 16.8 Å². The molecular formula is C10H25Cl2N3O. The second-order valence-corrected chi connectivity index (χ2v) is 4.41. The summed E-state index contributed by atoms with van der Waals surface area (Å²) in [6.07, 6.45) is 1.27. The molecule has 0 unspecified atom stereocenters. The van der Waals surface area contributed by atoms with Gasteiger partial charge >= 0.3 is 0 Å². The van der Waals surface area contributed by atoms with Crippen LogP contribution in [-0.2, 0) is 4.79 Å². The molecule has 0 aliphatic rings. The van der Waals surface area contributed by atoms with Gasteiger partial charge in [0.15, 0.2) is 0 Å². The van der Waals surface area contributed by atoms with E-state index in [1.807, 2.05) is 27.7 Å². The first-order valence-electron chi connectivity index (χ1n) is 5.13. The molecule has 0 aromatic rings. The molecule has 0 aliphatic heterocycles. The zero-order chi connectivity index (χ0) is 11.4. The Morgan fingerprint density at radius 1 is 1.19 bits per heavy atom. The van der Waals surface area contributed by atoms with Gasteiger partial charge in [-0.15, -0.1) is 24.8 Å². The fourth-order valence-corrected chi connectivity index (χ4v) is 1.05. The highest BCUT2D eigenvalue weighted by molar-refractivity contribution is 5.86. The van der Waals surface area contributed by atoms with E-state index in [2.05, 4.69) is 5.32 Å². The van der Waals surface area contributed by atoms with Gasteiger partial charge in [-0.3, -0.25) is 4.79 Å². The molecule has 0 aromatic heterocycles. The van der Waals surface area contributed by atoms with Crippen molar-refractivity contribution >= 4 is 30.7 Å². The van der Waals surface area contributed by atoms with Crippen molar-refractivity contribution in [3.8, 4) is 0 Å². The van der Waals surface area contributed by atoms with Crippen molar-refractivity contribution in [2.24, 2.45) is 11.5 Å². The lowest BCUT2D eigenvalue weighted by molar-refractivity contribution is -0.128. The van der Waals surface area contributed by atoms with Crippen LogP contribution in [0.25, 0.3) is 0 Å². The maximum absolute atomic E-state index is 11.8. The molecule has 0 radical (unpaired) electrons. The largest absolute Gasteiger partial charge is 0.348 e. The number of carbonyl (C=O) groups is 1. The maximum atomic E-state index is 11.8. The zero-order valence-electron chi connectivity index (χ0n) is 10.5. The van der Waals surface area contributed by atoms with E-state index < -0.39 is 5.54 Å². The zero-order valence-corrected chi connectivity index (χ0v) is 12.1. The van der Waals surface area contributed by atoms with Crippen molar-refractivity contribution in [2.75, 3.05) is 6.54 Å². The molecule has 0 spiro atoms. The monoisotopic (exact) mass is 273 g/mol. The summed E-state index contributed by atoms with van der Waals surface area (Å²) < 4.78 is 0. The van der Waals surface area contributed by atoms with Crippen LogP contribution in [0.4, 0.5) is 0 Å². The van der Waals surface area contributed by atoms with Gasteiger partial charge in [-0.2, -0.15) is 0 Å². The van der Waals surface area contributed by atoms with Crippen LogP contribution < -0.4 is 16.8 Å². The Balaban J connectivity index is -0.000000845. The minimum atomic E-state index is -0.757. The lowest BCUT2D eigenvalue weighted by atomic mass is 9.91. The highest BCUT2D eigenvalue weighted by atomic mass is 35.5. The standard InChI is InChI=1S/C10H23N3O.2ClH/c1-5-10(12,6-2)8(14)13-9(3,4)7-11;;/h5-7,11-12H2,1-4H3,(H,13,14);2*1H. The average molecular weight is 274 g/mol.